The molecule has 1 unspecified atom stereocenters. The van der Waals surface area contributed by atoms with Crippen LogP contribution in [0, 0.1) is 0 Å². The quantitative estimate of drug-likeness (QED) is 0.501. The fourth-order valence-electron chi connectivity index (χ4n) is 1.26. The molecule has 0 aliphatic carbocycles. The van der Waals surface area contributed by atoms with Crippen molar-refractivity contribution in [3.63, 3.8) is 0 Å². The lowest BCUT2D eigenvalue weighted by molar-refractivity contribution is -0.211. The van der Waals surface area contributed by atoms with Gasteiger partial charge in [-0.05, 0) is 13.8 Å². The van der Waals surface area contributed by atoms with Crippen LogP contribution in [0.2, 0.25) is 0 Å². The lowest BCUT2D eigenvalue weighted by atomic mass is 9.97. The summed E-state index contributed by atoms with van der Waals surface area (Å²) in [6.45, 7) is 7.33. The number of rotatable bonds is 0. The number of hydrogen-bond acceptors (Lipinski definition) is 4. The van der Waals surface area contributed by atoms with Gasteiger partial charge in [0, 0.05) is 0 Å². The first kappa shape index (κ1) is 12.8. The van der Waals surface area contributed by atoms with E-state index in [0.717, 1.165) is 0 Å². The summed E-state index contributed by atoms with van der Waals surface area (Å²) in [6.07, 6.45) is -3.89. The highest BCUT2D eigenvalue weighted by Crippen LogP contribution is 2.19. The minimum atomic E-state index is -1.09. The van der Waals surface area contributed by atoms with Crippen LogP contribution in [0.4, 0.5) is 0 Å². The Morgan fingerprint density at radius 3 is 1.38 bits per heavy atom. The van der Waals surface area contributed by atoms with E-state index < -0.39 is 30.5 Å². The Kier molecular flexibility index (Phi) is 5.48. The summed E-state index contributed by atoms with van der Waals surface area (Å²) in [5.74, 6) is 0. The molecule has 3 N–H and O–H groups in total. The molecule has 1 heterocycles. The maximum atomic E-state index is 9.21. The third-order valence-electron chi connectivity index (χ3n) is 2.09. The molecule has 0 aromatic heterocycles. The first-order valence-corrected chi connectivity index (χ1v) is 4.73. The van der Waals surface area contributed by atoms with Gasteiger partial charge in [-0.25, -0.2) is 0 Å². The zero-order valence-electron chi connectivity index (χ0n) is 8.64. The molecule has 0 aromatic carbocycles. The molecule has 1 rings (SSSR count). The second-order valence-corrected chi connectivity index (χ2v) is 3.02. The van der Waals surface area contributed by atoms with Crippen LogP contribution < -0.4 is 0 Å². The van der Waals surface area contributed by atoms with Crippen molar-refractivity contribution in [3.05, 3.63) is 0 Å². The smallest absolute Gasteiger partial charge is 0.111 e. The van der Waals surface area contributed by atoms with Crippen molar-refractivity contribution in [1.29, 1.82) is 0 Å². The fourth-order valence-corrected chi connectivity index (χ4v) is 1.26. The van der Waals surface area contributed by atoms with Gasteiger partial charge in [0.2, 0.25) is 0 Å². The zero-order chi connectivity index (χ0) is 10.6. The molecule has 1 aliphatic heterocycles. The Bertz CT molecular complexity index is 126. The number of aliphatic hydroxyl groups is 3. The van der Waals surface area contributed by atoms with Crippen LogP contribution in [0.5, 0.6) is 0 Å². The lowest BCUT2D eigenvalue weighted by Gasteiger charge is -2.37. The molecule has 0 radical (unpaired) electrons. The summed E-state index contributed by atoms with van der Waals surface area (Å²) in [5, 5.41) is 27.6. The maximum Gasteiger partial charge on any atom is 0.111 e. The molecule has 5 atom stereocenters. The van der Waals surface area contributed by atoms with Crippen LogP contribution in [-0.2, 0) is 4.74 Å². The van der Waals surface area contributed by atoms with Gasteiger partial charge in [0.25, 0.3) is 0 Å². The minimum absolute atomic E-state index is 0.414. The Morgan fingerprint density at radius 2 is 1.08 bits per heavy atom. The van der Waals surface area contributed by atoms with E-state index in [1.165, 1.54) is 0 Å². The minimum Gasteiger partial charge on any atom is -0.388 e. The van der Waals surface area contributed by atoms with Gasteiger partial charge in [-0.3, -0.25) is 0 Å². The Labute approximate surface area is 79.2 Å². The fraction of sp³-hybridized carbons (Fsp3) is 1.00. The second kappa shape index (κ2) is 5.54. The normalized spacial score (nSPS) is 45.0. The number of hydrogen-bond donors (Lipinski definition) is 3. The summed E-state index contributed by atoms with van der Waals surface area (Å²) in [5.41, 5.74) is 0. The Hall–Kier alpha value is -0.160. The first-order valence-electron chi connectivity index (χ1n) is 4.73. The largest absolute Gasteiger partial charge is 0.388 e. The molecular weight excluding hydrogens is 172 g/mol. The van der Waals surface area contributed by atoms with Gasteiger partial charge in [0.05, 0.1) is 12.2 Å². The van der Waals surface area contributed by atoms with E-state index in [1.807, 2.05) is 13.8 Å². The van der Waals surface area contributed by atoms with Gasteiger partial charge in [0.15, 0.2) is 0 Å². The van der Waals surface area contributed by atoms with Crippen LogP contribution >= 0.6 is 0 Å². The molecule has 0 amide bonds. The summed E-state index contributed by atoms with van der Waals surface area (Å²) >= 11 is 0. The van der Waals surface area contributed by atoms with Crippen molar-refractivity contribution >= 4 is 0 Å². The van der Waals surface area contributed by atoms with Gasteiger partial charge in [0.1, 0.15) is 18.3 Å². The van der Waals surface area contributed by atoms with E-state index in [9.17, 15) is 15.3 Å². The average Bonchev–Trinajstić information content (AvgIpc) is 2.15. The van der Waals surface area contributed by atoms with Crippen molar-refractivity contribution in [3.8, 4) is 0 Å². The van der Waals surface area contributed by atoms with Crippen LogP contribution in [-0.4, -0.2) is 45.8 Å². The topological polar surface area (TPSA) is 69.9 Å². The molecule has 4 nitrogen and oxygen atoms in total. The molecular formula is C9H20O4. The maximum absolute atomic E-state index is 9.21. The number of aliphatic hydroxyl groups excluding tert-OH is 3. The van der Waals surface area contributed by atoms with Crippen molar-refractivity contribution in [2.75, 3.05) is 0 Å². The molecule has 1 saturated heterocycles. The molecule has 80 valence electrons. The highest BCUT2D eigenvalue weighted by molar-refractivity contribution is 4.88. The predicted molar refractivity (Wildman–Crippen MR) is 49.4 cm³/mol. The van der Waals surface area contributed by atoms with Gasteiger partial charge < -0.3 is 20.1 Å². The summed E-state index contributed by atoms with van der Waals surface area (Å²) in [4.78, 5) is 0. The molecule has 13 heavy (non-hydrogen) atoms. The molecule has 0 aromatic rings. The van der Waals surface area contributed by atoms with Gasteiger partial charge >= 0.3 is 0 Å². The highest BCUT2D eigenvalue weighted by Gasteiger charge is 2.39. The van der Waals surface area contributed by atoms with Crippen LogP contribution in [0.3, 0.4) is 0 Å². The first-order chi connectivity index (χ1) is 6.04. The van der Waals surface area contributed by atoms with E-state index in [4.69, 9.17) is 4.74 Å². The van der Waals surface area contributed by atoms with Crippen molar-refractivity contribution in [1.82, 2.24) is 0 Å². The van der Waals surface area contributed by atoms with Crippen molar-refractivity contribution in [2.24, 2.45) is 0 Å². The third-order valence-corrected chi connectivity index (χ3v) is 2.09. The van der Waals surface area contributed by atoms with Crippen molar-refractivity contribution in [2.45, 2.75) is 58.2 Å². The molecule has 1 fully saturated rings. The molecule has 4 heteroatoms. The molecule has 0 spiro atoms. The average molecular weight is 192 g/mol. The van der Waals surface area contributed by atoms with Crippen molar-refractivity contribution < 1.29 is 20.1 Å². The SMILES string of the molecule is CC.C[C@@H]1O[C@H](C)[C@@H](O)C(O)[C@H]1O. The Morgan fingerprint density at radius 1 is 0.769 bits per heavy atom. The highest BCUT2D eigenvalue weighted by atomic mass is 16.5. The summed E-state index contributed by atoms with van der Waals surface area (Å²) in [6, 6.07) is 0. The van der Waals surface area contributed by atoms with Crippen LogP contribution in [0.1, 0.15) is 27.7 Å². The second-order valence-electron chi connectivity index (χ2n) is 3.02. The van der Waals surface area contributed by atoms with E-state index in [-0.39, 0.29) is 0 Å². The third kappa shape index (κ3) is 2.91. The predicted octanol–water partition coefficient (Wildman–Crippen LogP) is -0.0975. The van der Waals surface area contributed by atoms with Gasteiger partial charge in [-0.2, -0.15) is 0 Å². The molecule has 0 saturated carbocycles. The van der Waals surface area contributed by atoms with E-state index in [2.05, 4.69) is 0 Å². The van der Waals surface area contributed by atoms with Gasteiger partial charge in [-0.15, -0.1) is 0 Å². The van der Waals surface area contributed by atoms with Crippen LogP contribution in [0.15, 0.2) is 0 Å². The summed E-state index contributed by atoms with van der Waals surface area (Å²) in [7, 11) is 0. The Balaban J connectivity index is 0.000000671. The van der Waals surface area contributed by atoms with E-state index in [1.54, 1.807) is 13.8 Å². The number of ether oxygens (including phenoxy) is 1. The monoisotopic (exact) mass is 192 g/mol. The molecule has 1 aliphatic rings. The van der Waals surface area contributed by atoms with E-state index in [0.29, 0.717) is 0 Å². The zero-order valence-corrected chi connectivity index (χ0v) is 8.64. The lowest BCUT2D eigenvalue weighted by Crippen LogP contribution is -2.55. The van der Waals surface area contributed by atoms with E-state index >= 15 is 0 Å². The standard InChI is InChI=1S/C7H14O4.C2H6/c1-3-5(8)7(10)6(9)4(2)11-3;1-2/h3-10H,1-2H3;1-2H3/t3-,4+,5-,6+,7?;. The van der Waals surface area contributed by atoms with Gasteiger partial charge in [-0.1, -0.05) is 13.8 Å². The molecule has 0 bridgehead atoms. The summed E-state index contributed by atoms with van der Waals surface area (Å²) < 4.78 is 5.12. The van der Waals surface area contributed by atoms with Crippen LogP contribution in [0.25, 0.3) is 0 Å².